The Balaban J connectivity index is 1.70. The van der Waals surface area contributed by atoms with Crippen LogP contribution < -0.4 is 0 Å². The van der Waals surface area contributed by atoms with Gasteiger partial charge in [0.25, 0.3) is 0 Å². The van der Waals surface area contributed by atoms with Gasteiger partial charge < -0.3 is 9.90 Å². The number of fused-ring (bicyclic) bond motifs is 1. The molecule has 3 saturated carbocycles. The SMILES string of the molecule is C=C1CC[C@H](O)C/C1=C/C=C1\CCC[C@]2(C)[C@@H]([C@H](C)CCCC(C)=O)CC[C@@H]12. The summed E-state index contributed by atoms with van der Waals surface area (Å²) in [5, 5.41) is 10.0. The first kappa shape index (κ1) is 21.6. The first-order valence-electron chi connectivity index (χ1n) is 11.6. The van der Waals surface area contributed by atoms with Gasteiger partial charge in [-0.2, -0.15) is 0 Å². The predicted molar refractivity (Wildman–Crippen MR) is 117 cm³/mol. The molecule has 0 unspecified atom stereocenters. The van der Waals surface area contributed by atoms with Gasteiger partial charge in [-0.25, -0.2) is 0 Å². The van der Waals surface area contributed by atoms with E-state index in [0.29, 0.717) is 23.0 Å². The van der Waals surface area contributed by atoms with Gasteiger partial charge in [-0.3, -0.25) is 0 Å². The number of hydrogen-bond donors (Lipinski definition) is 1. The van der Waals surface area contributed by atoms with Gasteiger partial charge in [0, 0.05) is 6.42 Å². The number of carbonyl (C=O) groups is 1. The minimum absolute atomic E-state index is 0.196. The molecule has 3 fully saturated rings. The van der Waals surface area contributed by atoms with Crippen LogP contribution in [0.15, 0.2) is 35.5 Å². The fourth-order valence-electron chi connectivity index (χ4n) is 6.48. The molecule has 28 heavy (non-hydrogen) atoms. The van der Waals surface area contributed by atoms with Gasteiger partial charge in [-0.05, 0) is 93.5 Å². The van der Waals surface area contributed by atoms with Crippen molar-refractivity contribution < 1.29 is 9.90 Å². The number of ketones is 1. The third-order valence-corrected chi connectivity index (χ3v) is 8.10. The van der Waals surface area contributed by atoms with Crippen LogP contribution in [0.5, 0.6) is 0 Å². The second kappa shape index (κ2) is 9.11. The first-order chi connectivity index (χ1) is 13.3. The molecule has 0 radical (unpaired) electrons. The summed E-state index contributed by atoms with van der Waals surface area (Å²) in [6, 6.07) is 0. The molecule has 0 bridgehead atoms. The lowest BCUT2D eigenvalue weighted by molar-refractivity contribution is -0.117. The number of Topliss-reactive ketones (excluding diaryl/α,β-unsaturated/α-hetero) is 1. The van der Waals surface area contributed by atoms with E-state index >= 15 is 0 Å². The Morgan fingerprint density at radius 2 is 2.07 bits per heavy atom. The van der Waals surface area contributed by atoms with Gasteiger partial charge in [-0.1, -0.05) is 50.1 Å². The molecule has 2 nitrogen and oxygen atoms in total. The topological polar surface area (TPSA) is 37.3 Å². The van der Waals surface area contributed by atoms with Crippen LogP contribution >= 0.6 is 0 Å². The van der Waals surface area contributed by atoms with Gasteiger partial charge in [0.05, 0.1) is 6.10 Å². The largest absolute Gasteiger partial charge is 0.393 e. The lowest BCUT2D eigenvalue weighted by Crippen LogP contribution is -2.36. The van der Waals surface area contributed by atoms with Gasteiger partial charge in [0.15, 0.2) is 0 Å². The third-order valence-electron chi connectivity index (χ3n) is 8.10. The van der Waals surface area contributed by atoms with Crippen molar-refractivity contribution in [2.24, 2.45) is 23.2 Å². The quantitative estimate of drug-likeness (QED) is 0.563. The zero-order chi connectivity index (χ0) is 20.3. The molecule has 0 saturated heterocycles. The maximum atomic E-state index is 11.3. The Hall–Kier alpha value is -1.15. The van der Waals surface area contributed by atoms with E-state index in [2.05, 4.69) is 32.6 Å². The molecule has 3 aliphatic carbocycles. The van der Waals surface area contributed by atoms with Crippen molar-refractivity contribution in [2.45, 2.75) is 97.5 Å². The highest BCUT2D eigenvalue weighted by Crippen LogP contribution is 2.59. The van der Waals surface area contributed by atoms with Crippen molar-refractivity contribution in [3.05, 3.63) is 35.5 Å². The van der Waals surface area contributed by atoms with Crippen LogP contribution in [0.1, 0.15) is 91.4 Å². The molecule has 0 aliphatic heterocycles. The van der Waals surface area contributed by atoms with Gasteiger partial charge in [0.2, 0.25) is 0 Å². The number of aliphatic hydroxyl groups excluding tert-OH is 1. The molecule has 0 heterocycles. The summed E-state index contributed by atoms with van der Waals surface area (Å²) >= 11 is 0. The molecular weight excluding hydrogens is 344 g/mol. The summed E-state index contributed by atoms with van der Waals surface area (Å²) < 4.78 is 0. The van der Waals surface area contributed by atoms with Crippen LogP contribution in [0.25, 0.3) is 0 Å². The fraction of sp³-hybridized carbons (Fsp3) is 0.731. The highest BCUT2D eigenvalue weighted by Gasteiger charge is 2.50. The number of hydrogen-bond acceptors (Lipinski definition) is 2. The zero-order valence-corrected chi connectivity index (χ0v) is 18.3. The Kier molecular flexibility index (Phi) is 7.02. The fourth-order valence-corrected chi connectivity index (χ4v) is 6.48. The number of rotatable bonds is 6. The lowest BCUT2D eigenvalue weighted by Gasteiger charge is -2.44. The van der Waals surface area contributed by atoms with Crippen LogP contribution in [-0.4, -0.2) is 17.0 Å². The van der Waals surface area contributed by atoms with Crippen LogP contribution in [-0.2, 0) is 4.79 Å². The second-order valence-electron chi connectivity index (χ2n) is 10.1. The third kappa shape index (κ3) is 4.70. The van der Waals surface area contributed by atoms with E-state index in [-0.39, 0.29) is 6.10 Å². The molecule has 0 spiro atoms. The minimum Gasteiger partial charge on any atom is -0.393 e. The Morgan fingerprint density at radius 1 is 1.29 bits per heavy atom. The summed E-state index contributed by atoms with van der Waals surface area (Å²) in [4.78, 5) is 11.3. The standard InChI is InChI=1S/C26H40O2/c1-18-10-13-23(28)17-22(18)12-11-21-9-6-16-26(4)24(14-15-25(21)26)19(2)7-5-8-20(3)27/h11-12,19,23-25,28H,1,5-10,13-17H2,2-4H3/b21-11+,22-12-/t19-,23+,24-,25+,26-/m1/s1. The van der Waals surface area contributed by atoms with Crippen molar-refractivity contribution >= 4 is 5.78 Å². The van der Waals surface area contributed by atoms with Crippen molar-refractivity contribution in [1.29, 1.82) is 0 Å². The summed E-state index contributed by atoms with van der Waals surface area (Å²) in [6.45, 7) is 10.9. The Bertz CT molecular complexity index is 655. The molecule has 2 heteroatoms. The predicted octanol–water partition coefficient (Wildman–Crippen LogP) is 6.55. The van der Waals surface area contributed by atoms with E-state index < -0.39 is 0 Å². The molecular formula is C26H40O2. The summed E-state index contributed by atoms with van der Waals surface area (Å²) in [6.07, 6.45) is 16.5. The van der Waals surface area contributed by atoms with Gasteiger partial charge in [0.1, 0.15) is 5.78 Å². The highest BCUT2D eigenvalue weighted by atomic mass is 16.3. The zero-order valence-electron chi connectivity index (χ0n) is 18.3. The van der Waals surface area contributed by atoms with Crippen molar-refractivity contribution in [3.8, 4) is 0 Å². The monoisotopic (exact) mass is 384 g/mol. The maximum absolute atomic E-state index is 11.3. The Morgan fingerprint density at radius 3 is 2.82 bits per heavy atom. The number of allylic oxidation sites excluding steroid dienone is 4. The molecule has 0 aromatic heterocycles. The number of carbonyl (C=O) groups excluding carboxylic acids is 1. The van der Waals surface area contributed by atoms with Crippen LogP contribution in [0.4, 0.5) is 0 Å². The molecule has 0 amide bonds. The normalized spacial score (nSPS) is 37.3. The summed E-state index contributed by atoms with van der Waals surface area (Å²) in [5.74, 6) is 2.53. The molecule has 0 aromatic carbocycles. The molecule has 3 rings (SSSR count). The summed E-state index contributed by atoms with van der Waals surface area (Å²) in [7, 11) is 0. The van der Waals surface area contributed by atoms with E-state index in [4.69, 9.17) is 0 Å². The van der Waals surface area contributed by atoms with Crippen LogP contribution in [0.2, 0.25) is 0 Å². The lowest BCUT2D eigenvalue weighted by atomic mass is 9.60. The molecule has 5 atom stereocenters. The Labute approximate surface area is 172 Å². The average Bonchev–Trinajstić information content (AvgIpc) is 2.99. The number of aliphatic hydroxyl groups is 1. The highest BCUT2D eigenvalue weighted by molar-refractivity contribution is 5.75. The van der Waals surface area contributed by atoms with Crippen molar-refractivity contribution in [1.82, 2.24) is 0 Å². The molecule has 156 valence electrons. The van der Waals surface area contributed by atoms with E-state index in [1.165, 1.54) is 49.7 Å². The van der Waals surface area contributed by atoms with E-state index in [1.54, 1.807) is 12.5 Å². The van der Waals surface area contributed by atoms with E-state index in [0.717, 1.165) is 38.0 Å². The van der Waals surface area contributed by atoms with Crippen LogP contribution in [0.3, 0.4) is 0 Å². The van der Waals surface area contributed by atoms with E-state index in [9.17, 15) is 9.90 Å². The second-order valence-corrected chi connectivity index (χ2v) is 10.1. The van der Waals surface area contributed by atoms with Crippen molar-refractivity contribution in [2.75, 3.05) is 0 Å². The maximum Gasteiger partial charge on any atom is 0.129 e. The minimum atomic E-state index is -0.196. The average molecular weight is 385 g/mol. The molecule has 0 aromatic rings. The summed E-state index contributed by atoms with van der Waals surface area (Å²) in [5.41, 5.74) is 4.52. The first-order valence-corrected chi connectivity index (χ1v) is 11.6. The van der Waals surface area contributed by atoms with Crippen molar-refractivity contribution in [3.63, 3.8) is 0 Å². The van der Waals surface area contributed by atoms with E-state index in [1.807, 2.05) is 0 Å². The smallest absolute Gasteiger partial charge is 0.129 e. The molecule has 1 N–H and O–H groups in total. The van der Waals surface area contributed by atoms with Gasteiger partial charge >= 0.3 is 0 Å². The van der Waals surface area contributed by atoms with Crippen LogP contribution in [0, 0.1) is 23.2 Å². The molecule has 3 aliphatic rings. The van der Waals surface area contributed by atoms with Gasteiger partial charge in [-0.15, -0.1) is 0 Å².